The molecule has 158 valence electrons. The van der Waals surface area contributed by atoms with Crippen LogP contribution in [0.1, 0.15) is 12.8 Å². The normalized spacial score (nSPS) is 19.2. The third kappa shape index (κ3) is 4.04. The van der Waals surface area contributed by atoms with Gasteiger partial charge >= 0.3 is 0 Å². The van der Waals surface area contributed by atoms with Crippen LogP contribution >= 0.6 is 11.3 Å². The van der Waals surface area contributed by atoms with Gasteiger partial charge in [-0.05, 0) is 49.6 Å². The van der Waals surface area contributed by atoms with Crippen molar-refractivity contribution in [1.82, 2.24) is 10.3 Å². The first-order valence-corrected chi connectivity index (χ1v) is 11.4. The van der Waals surface area contributed by atoms with Gasteiger partial charge in [0.05, 0.1) is 17.3 Å². The molecular weight excluding hydrogens is 398 g/mol. The molecule has 1 aromatic heterocycles. The Morgan fingerprint density at radius 1 is 1.13 bits per heavy atom. The van der Waals surface area contributed by atoms with Crippen molar-refractivity contribution in [3.63, 3.8) is 0 Å². The van der Waals surface area contributed by atoms with Crippen molar-refractivity contribution in [2.24, 2.45) is 5.92 Å². The van der Waals surface area contributed by atoms with Crippen LogP contribution in [-0.2, 0) is 0 Å². The summed E-state index contributed by atoms with van der Waals surface area (Å²) >= 11 is 1.80. The summed E-state index contributed by atoms with van der Waals surface area (Å²) in [4.78, 5) is 7.24. The first-order valence-electron chi connectivity index (χ1n) is 10.6. The van der Waals surface area contributed by atoms with Crippen LogP contribution in [0.15, 0.2) is 42.5 Å². The zero-order valence-corrected chi connectivity index (χ0v) is 18.0. The molecule has 1 saturated heterocycles. The summed E-state index contributed by atoms with van der Waals surface area (Å²) in [7, 11) is 1.65. The fraction of sp³-hybridized carbons (Fsp3) is 0.435. The summed E-state index contributed by atoms with van der Waals surface area (Å²) in [6.45, 7) is 4.48. The van der Waals surface area contributed by atoms with E-state index in [0.29, 0.717) is 18.3 Å². The fourth-order valence-corrected chi connectivity index (χ4v) is 5.16. The number of nitrogens with zero attached hydrogens (tertiary/aromatic N) is 2. The van der Waals surface area contributed by atoms with Gasteiger partial charge in [-0.1, -0.05) is 29.5 Å². The van der Waals surface area contributed by atoms with E-state index in [9.17, 15) is 0 Å². The number of thiazole rings is 1. The van der Waals surface area contributed by atoms with Crippen LogP contribution < -0.4 is 24.4 Å². The highest BCUT2D eigenvalue weighted by Crippen LogP contribution is 2.40. The third-order valence-electron chi connectivity index (χ3n) is 5.84. The Balaban J connectivity index is 1.08. The monoisotopic (exact) mass is 425 g/mol. The maximum Gasteiger partial charge on any atom is 0.204 e. The van der Waals surface area contributed by atoms with Crippen molar-refractivity contribution < 1.29 is 14.2 Å². The summed E-state index contributed by atoms with van der Waals surface area (Å²) in [5.74, 6) is 2.87. The quantitative estimate of drug-likeness (QED) is 0.645. The second kappa shape index (κ2) is 8.70. The molecule has 2 aliphatic rings. The number of piperidine rings is 1. The highest BCUT2D eigenvalue weighted by Gasteiger charge is 2.25. The smallest absolute Gasteiger partial charge is 0.204 e. The van der Waals surface area contributed by atoms with Gasteiger partial charge in [0, 0.05) is 19.6 Å². The van der Waals surface area contributed by atoms with Gasteiger partial charge < -0.3 is 24.4 Å². The summed E-state index contributed by atoms with van der Waals surface area (Å²) in [5, 5.41) is 4.75. The second-order valence-corrected chi connectivity index (χ2v) is 8.90. The van der Waals surface area contributed by atoms with Crippen molar-refractivity contribution >= 4 is 26.7 Å². The number of anilines is 1. The van der Waals surface area contributed by atoms with Gasteiger partial charge in [-0.15, -0.1) is 0 Å². The molecule has 3 heterocycles. The predicted octanol–water partition coefficient (Wildman–Crippen LogP) is 3.95. The largest absolute Gasteiger partial charge is 0.493 e. The number of rotatable bonds is 6. The molecule has 0 spiro atoms. The molecule has 0 saturated carbocycles. The van der Waals surface area contributed by atoms with E-state index in [0.717, 1.165) is 48.3 Å². The van der Waals surface area contributed by atoms with Crippen LogP contribution in [0.4, 0.5) is 5.13 Å². The van der Waals surface area contributed by atoms with Crippen LogP contribution in [0.3, 0.4) is 0 Å². The number of ether oxygens (including phenoxy) is 3. The van der Waals surface area contributed by atoms with Gasteiger partial charge in [-0.25, -0.2) is 4.98 Å². The predicted molar refractivity (Wildman–Crippen MR) is 120 cm³/mol. The first kappa shape index (κ1) is 19.5. The molecule has 6 nitrogen and oxygen atoms in total. The molecular formula is C23H27N3O3S. The van der Waals surface area contributed by atoms with Crippen molar-refractivity contribution in [2.45, 2.75) is 18.9 Å². The SMILES string of the molecule is COc1cccc2c1OC(CNCC1CCN(c3nc4ccccc4s3)CC1)CO2. The Kier molecular flexibility index (Phi) is 5.64. The van der Waals surface area contributed by atoms with Gasteiger partial charge in [0.1, 0.15) is 12.7 Å². The Labute approximate surface area is 180 Å². The minimum Gasteiger partial charge on any atom is -0.493 e. The lowest BCUT2D eigenvalue weighted by Crippen LogP contribution is -2.42. The van der Waals surface area contributed by atoms with Gasteiger partial charge in [0.15, 0.2) is 16.6 Å². The lowest BCUT2D eigenvalue weighted by atomic mass is 9.97. The summed E-state index contributed by atoms with van der Waals surface area (Å²) < 4.78 is 18.6. The van der Waals surface area contributed by atoms with Crippen LogP contribution in [0.2, 0.25) is 0 Å². The van der Waals surface area contributed by atoms with Crippen molar-refractivity contribution in [1.29, 1.82) is 0 Å². The molecule has 3 aromatic rings. The molecule has 1 atom stereocenters. The van der Waals surface area contributed by atoms with Gasteiger partial charge in [-0.3, -0.25) is 0 Å². The van der Waals surface area contributed by atoms with Gasteiger partial charge in [0.25, 0.3) is 0 Å². The fourth-order valence-electron chi connectivity index (χ4n) is 4.14. The second-order valence-electron chi connectivity index (χ2n) is 7.89. The van der Waals surface area contributed by atoms with Crippen LogP contribution in [0, 0.1) is 5.92 Å². The number of para-hydroxylation sites is 2. The van der Waals surface area contributed by atoms with Crippen molar-refractivity contribution in [2.75, 3.05) is 44.8 Å². The summed E-state index contributed by atoms with van der Waals surface area (Å²) in [5.41, 5.74) is 1.11. The number of fused-ring (bicyclic) bond motifs is 2. The number of nitrogens with one attached hydrogen (secondary N) is 1. The highest BCUT2D eigenvalue weighted by atomic mass is 32.1. The minimum absolute atomic E-state index is 0.00311. The molecule has 0 amide bonds. The van der Waals surface area contributed by atoms with Crippen molar-refractivity contribution in [3.8, 4) is 17.2 Å². The Hall–Kier alpha value is -2.51. The van der Waals surface area contributed by atoms with Crippen LogP contribution in [-0.4, -0.2) is 51.0 Å². The molecule has 30 heavy (non-hydrogen) atoms. The van der Waals surface area contributed by atoms with Crippen LogP contribution in [0.5, 0.6) is 17.2 Å². The zero-order chi connectivity index (χ0) is 20.3. The standard InChI is InChI=1S/C23H27N3O3S/c1-27-19-6-4-7-20-22(19)29-17(15-28-20)14-24-13-16-9-11-26(12-10-16)23-25-18-5-2-3-8-21(18)30-23/h2-8,16-17,24H,9-15H2,1H3. The zero-order valence-electron chi connectivity index (χ0n) is 17.2. The third-order valence-corrected chi connectivity index (χ3v) is 6.94. The molecule has 7 heteroatoms. The molecule has 0 aliphatic carbocycles. The maximum atomic E-state index is 6.12. The van der Waals surface area contributed by atoms with E-state index in [1.807, 2.05) is 18.2 Å². The average Bonchev–Trinajstić information content (AvgIpc) is 3.23. The van der Waals surface area contributed by atoms with E-state index >= 15 is 0 Å². The number of methoxy groups -OCH3 is 1. The first-order chi connectivity index (χ1) is 14.8. The Bertz CT molecular complexity index is 953. The van der Waals surface area contributed by atoms with Gasteiger partial charge in [-0.2, -0.15) is 0 Å². The molecule has 0 radical (unpaired) electrons. The van der Waals surface area contributed by atoms with Crippen molar-refractivity contribution in [3.05, 3.63) is 42.5 Å². The lowest BCUT2D eigenvalue weighted by molar-refractivity contribution is 0.0855. The number of aromatic nitrogens is 1. The molecule has 1 N–H and O–H groups in total. The topological polar surface area (TPSA) is 55.9 Å². The highest BCUT2D eigenvalue weighted by molar-refractivity contribution is 7.22. The van der Waals surface area contributed by atoms with E-state index in [1.165, 1.54) is 17.5 Å². The number of hydrogen-bond acceptors (Lipinski definition) is 7. The molecule has 1 unspecified atom stereocenters. The van der Waals surface area contributed by atoms with E-state index in [2.05, 4.69) is 34.5 Å². The van der Waals surface area contributed by atoms with Crippen LogP contribution in [0.25, 0.3) is 10.2 Å². The van der Waals surface area contributed by atoms with Gasteiger partial charge in [0.2, 0.25) is 5.75 Å². The molecule has 2 aliphatic heterocycles. The van der Waals surface area contributed by atoms with E-state index < -0.39 is 0 Å². The maximum absolute atomic E-state index is 6.12. The Morgan fingerprint density at radius 3 is 2.83 bits per heavy atom. The number of benzene rings is 2. The van der Waals surface area contributed by atoms with E-state index in [1.54, 1.807) is 18.4 Å². The lowest BCUT2D eigenvalue weighted by Gasteiger charge is -2.32. The molecule has 1 fully saturated rings. The molecule has 0 bridgehead atoms. The number of hydrogen-bond donors (Lipinski definition) is 1. The molecule has 2 aromatic carbocycles. The summed E-state index contributed by atoms with van der Waals surface area (Å²) in [6.07, 6.45) is 2.36. The van der Waals surface area contributed by atoms with E-state index in [-0.39, 0.29) is 6.10 Å². The minimum atomic E-state index is -0.00311. The Morgan fingerprint density at radius 2 is 2.00 bits per heavy atom. The van der Waals surface area contributed by atoms with E-state index in [4.69, 9.17) is 19.2 Å². The summed E-state index contributed by atoms with van der Waals surface area (Å²) in [6, 6.07) is 14.1. The molecule has 5 rings (SSSR count). The average molecular weight is 426 g/mol.